The minimum atomic E-state index is -0.558. The molecule has 0 aromatic rings. The molecule has 0 spiro atoms. The average molecular weight is 284 g/mol. The normalized spacial score (nSPS) is 18.9. The van der Waals surface area contributed by atoms with Crippen LogP contribution in [0.25, 0.3) is 0 Å². The zero-order chi connectivity index (χ0) is 15.2. The van der Waals surface area contributed by atoms with Crippen LogP contribution in [0.3, 0.4) is 0 Å². The lowest BCUT2D eigenvalue weighted by Gasteiger charge is -2.35. The Labute approximate surface area is 124 Å². The fraction of sp³-hybridized carbons (Fsp3) is 0.938. The van der Waals surface area contributed by atoms with Gasteiger partial charge in [-0.25, -0.2) is 0 Å². The predicted octanol–water partition coefficient (Wildman–Crippen LogP) is 2.57. The van der Waals surface area contributed by atoms with Crippen molar-refractivity contribution < 1.29 is 9.53 Å². The second-order valence-electron chi connectivity index (χ2n) is 6.65. The SMILES string of the molecule is COC(=O)C(C)(CCCCN(C)C1CCC1)NC(C)C. The molecule has 1 N–H and O–H groups in total. The monoisotopic (exact) mass is 284 g/mol. The molecule has 1 aliphatic rings. The van der Waals surface area contributed by atoms with Crippen molar-refractivity contribution in [3.05, 3.63) is 0 Å². The van der Waals surface area contributed by atoms with E-state index in [1.807, 2.05) is 6.92 Å². The Kier molecular flexibility index (Phi) is 6.96. The fourth-order valence-electron chi connectivity index (χ4n) is 2.95. The van der Waals surface area contributed by atoms with Gasteiger partial charge >= 0.3 is 5.97 Å². The molecule has 1 atom stereocenters. The average Bonchev–Trinajstić information content (AvgIpc) is 2.30. The van der Waals surface area contributed by atoms with E-state index in [1.165, 1.54) is 26.4 Å². The summed E-state index contributed by atoms with van der Waals surface area (Å²) in [5.74, 6) is -0.154. The molecular weight excluding hydrogens is 252 g/mol. The molecule has 0 heterocycles. The maximum absolute atomic E-state index is 12.0. The largest absolute Gasteiger partial charge is 0.468 e. The third kappa shape index (κ3) is 5.06. The number of nitrogens with zero attached hydrogens (tertiary/aromatic N) is 1. The number of nitrogens with one attached hydrogen (secondary N) is 1. The quantitative estimate of drug-likeness (QED) is 0.522. The van der Waals surface area contributed by atoms with E-state index in [4.69, 9.17) is 4.74 Å². The van der Waals surface area contributed by atoms with Crippen LogP contribution in [0, 0.1) is 0 Å². The summed E-state index contributed by atoms with van der Waals surface area (Å²) in [5.41, 5.74) is -0.558. The smallest absolute Gasteiger partial charge is 0.325 e. The van der Waals surface area contributed by atoms with Gasteiger partial charge in [-0.15, -0.1) is 0 Å². The van der Waals surface area contributed by atoms with Crippen LogP contribution in [0.5, 0.6) is 0 Å². The lowest BCUT2D eigenvalue weighted by atomic mass is 9.91. The summed E-state index contributed by atoms with van der Waals surface area (Å²) in [6, 6.07) is 1.08. The van der Waals surface area contributed by atoms with Gasteiger partial charge in [-0.1, -0.05) is 6.42 Å². The zero-order valence-electron chi connectivity index (χ0n) is 13.9. The minimum absolute atomic E-state index is 0.154. The molecule has 0 aromatic carbocycles. The van der Waals surface area contributed by atoms with Gasteiger partial charge in [0.25, 0.3) is 0 Å². The first kappa shape index (κ1) is 17.4. The van der Waals surface area contributed by atoms with Crippen molar-refractivity contribution in [2.24, 2.45) is 0 Å². The van der Waals surface area contributed by atoms with Gasteiger partial charge < -0.3 is 9.64 Å². The number of carbonyl (C=O) groups is 1. The molecular formula is C16H32N2O2. The molecule has 1 rings (SSSR count). The summed E-state index contributed by atoms with van der Waals surface area (Å²) in [6.07, 6.45) is 7.10. The van der Waals surface area contributed by atoms with E-state index in [0.717, 1.165) is 31.8 Å². The Balaban J connectivity index is 2.32. The summed E-state index contributed by atoms with van der Waals surface area (Å²) in [4.78, 5) is 14.4. The Hall–Kier alpha value is -0.610. The highest BCUT2D eigenvalue weighted by Gasteiger charge is 2.34. The van der Waals surface area contributed by atoms with E-state index < -0.39 is 5.54 Å². The van der Waals surface area contributed by atoms with Crippen LogP contribution in [-0.4, -0.2) is 49.2 Å². The van der Waals surface area contributed by atoms with Crippen molar-refractivity contribution in [2.45, 2.75) is 76.9 Å². The molecule has 1 saturated carbocycles. The molecule has 4 heteroatoms. The van der Waals surface area contributed by atoms with Crippen molar-refractivity contribution in [2.75, 3.05) is 20.7 Å². The molecule has 118 valence electrons. The Morgan fingerprint density at radius 1 is 1.40 bits per heavy atom. The third-order valence-electron chi connectivity index (χ3n) is 4.38. The van der Waals surface area contributed by atoms with Gasteiger partial charge in [0, 0.05) is 12.1 Å². The maximum atomic E-state index is 12.0. The molecule has 0 aliphatic heterocycles. The lowest BCUT2D eigenvalue weighted by Crippen LogP contribution is -2.53. The second-order valence-corrected chi connectivity index (χ2v) is 6.65. The second kappa shape index (κ2) is 7.99. The molecule has 0 aromatic heterocycles. The van der Waals surface area contributed by atoms with Crippen molar-refractivity contribution in [1.29, 1.82) is 0 Å². The molecule has 1 fully saturated rings. The molecule has 0 radical (unpaired) electrons. The Morgan fingerprint density at radius 2 is 2.05 bits per heavy atom. The number of rotatable bonds is 9. The maximum Gasteiger partial charge on any atom is 0.325 e. The highest BCUT2D eigenvalue weighted by molar-refractivity contribution is 5.80. The molecule has 0 saturated heterocycles. The van der Waals surface area contributed by atoms with Crippen LogP contribution in [0.2, 0.25) is 0 Å². The van der Waals surface area contributed by atoms with Gasteiger partial charge in [-0.05, 0) is 66.5 Å². The van der Waals surface area contributed by atoms with Gasteiger partial charge in [-0.2, -0.15) is 0 Å². The topological polar surface area (TPSA) is 41.6 Å². The van der Waals surface area contributed by atoms with Crippen molar-refractivity contribution >= 4 is 5.97 Å². The van der Waals surface area contributed by atoms with Crippen LogP contribution in [0.15, 0.2) is 0 Å². The lowest BCUT2D eigenvalue weighted by molar-refractivity contribution is -0.148. The number of carbonyl (C=O) groups excluding carboxylic acids is 1. The first-order chi connectivity index (χ1) is 9.39. The molecule has 20 heavy (non-hydrogen) atoms. The first-order valence-corrected chi connectivity index (χ1v) is 7.95. The molecule has 1 unspecified atom stereocenters. The standard InChI is InChI=1S/C16H32N2O2/c1-13(2)17-16(3,15(19)20-5)11-6-7-12-18(4)14-9-8-10-14/h13-14,17H,6-12H2,1-5H3. The van der Waals surface area contributed by atoms with Crippen LogP contribution in [0.1, 0.15) is 59.3 Å². The summed E-state index contributed by atoms with van der Waals surface area (Å²) < 4.78 is 4.95. The fourth-order valence-corrected chi connectivity index (χ4v) is 2.95. The van der Waals surface area contributed by atoms with Crippen molar-refractivity contribution in [3.8, 4) is 0 Å². The number of esters is 1. The summed E-state index contributed by atoms with van der Waals surface area (Å²) in [5, 5.41) is 3.35. The predicted molar refractivity (Wildman–Crippen MR) is 82.8 cm³/mol. The Morgan fingerprint density at radius 3 is 2.50 bits per heavy atom. The molecule has 4 nitrogen and oxygen atoms in total. The third-order valence-corrected chi connectivity index (χ3v) is 4.38. The molecule has 0 amide bonds. The Bertz CT molecular complexity index is 303. The van der Waals surface area contributed by atoms with E-state index in [-0.39, 0.29) is 12.0 Å². The van der Waals surface area contributed by atoms with Gasteiger partial charge in [-0.3, -0.25) is 10.1 Å². The zero-order valence-corrected chi connectivity index (χ0v) is 13.9. The molecule has 0 bridgehead atoms. The highest BCUT2D eigenvalue weighted by atomic mass is 16.5. The van der Waals surface area contributed by atoms with Gasteiger partial charge in [0.15, 0.2) is 0 Å². The number of hydrogen-bond donors (Lipinski definition) is 1. The van der Waals surface area contributed by atoms with Crippen LogP contribution in [0.4, 0.5) is 0 Å². The van der Waals surface area contributed by atoms with Crippen molar-refractivity contribution in [1.82, 2.24) is 10.2 Å². The number of ether oxygens (including phenoxy) is 1. The van der Waals surface area contributed by atoms with Gasteiger partial charge in [0.1, 0.15) is 5.54 Å². The van der Waals surface area contributed by atoms with E-state index in [0.29, 0.717) is 0 Å². The highest BCUT2D eigenvalue weighted by Crippen LogP contribution is 2.24. The van der Waals surface area contributed by atoms with E-state index in [1.54, 1.807) is 0 Å². The van der Waals surface area contributed by atoms with E-state index >= 15 is 0 Å². The van der Waals surface area contributed by atoms with E-state index in [9.17, 15) is 4.79 Å². The van der Waals surface area contributed by atoms with Gasteiger partial charge in [0.2, 0.25) is 0 Å². The number of unbranched alkanes of at least 4 members (excludes halogenated alkanes) is 1. The van der Waals surface area contributed by atoms with Crippen LogP contribution in [-0.2, 0) is 9.53 Å². The number of methoxy groups -OCH3 is 1. The van der Waals surface area contributed by atoms with E-state index in [2.05, 4.69) is 31.1 Å². The first-order valence-electron chi connectivity index (χ1n) is 7.95. The number of hydrogen-bond acceptors (Lipinski definition) is 4. The van der Waals surface area contributed by atoms with Crippen LogP contribution < -0.4 is 5.32 Å². The summed E-state index contributed by atoms with van der Waals surface area (Å²) in [6.45, 7) is 7.20. The summed E-state index contributed by atoms with van der Waals surface area (Å²) >= 11 is 0. The minimum Gasteiger partial charge on any atom is -0.468 e. The summed E-state index contributed by atoms with van der Waals surface area (Å²) in [7, 11) is 3.68. The van der Waals surface area contributed by atoms with Crippen LogP contribution >= 0.6 is 0 Å². The van der Waals surface area contributed by atoms with Gasteiger partial charge in [0.05, 0.1) is 7.11 Å². The molecule has 1 aliphatic carbocycles. The van der Waals surface area contributed by atoms with Crippen molar-refractivity contribution in [3.63, 3.8) is 0 Å².